The van der Waals surface area contributed by atoms with Crippen LogP contribution in [-0.2, 0) is 6.54 Å². The lowest BCUT2D eigenvalue weighted by Gasteiger charge is -2.07. The number of nitrogens with two attached hydrogens (primary N) is 1. The summed E-state index contributed by atoms with van der Waals surface area (Å²) in [6, 6.07) is 7.20. The van der Waals surface area contributed by atoms with Gasteiger partial charge in [-0.3, -0.25) is 0 Å². The quantitative estimate of drug-likeness (QED) is 0.834. The van der Waals surface area contributed by atoms with Crippen LogP contribution in [0.1, 0.15) is 11.3 Å². The molecule has 17 heavy (non-hydrogen) atoms. The summed E-state index contributed by atoms with van der Waals surface area (Å²) in [5, 5.41) is 7.29. The minimum Gasteiger partial charge on any atom is -0.389 e. The maximum absolute atomic E-state index is 6.04. The van der Waals surface area contributed by atoms with E-state index in [4.69, 9.17) is 34.1 Å². The van der Waals surface area contributed by atoms with Gasteiger partial charge in [0.05, 0.1) is 17.8 Å². The first kappa shape index (κ1) is 11.9. The van der Waals surface area contributed by atoms with E-state index < -0.39 is 0 Å². The van der Waals surface area contributed by atoms with Gasteiger partial charge < -0.3 is 15.6 Å². The summed E-state index contributed by atoms with van der Waals surface area (Å²) in [5.41, 5.74) is 7.06. The van der Waals surface area contributed by atoms with Gasteiger partial charge >= 0.3 is 0 Å². The number of anilines is 1. The van der Waals surface area contributed by atoms with Crippen molar-refractivity contribution >= 4 is 34.5 Å². The molecule has 0 amide bonds. The smallest absolute Gasteiger partial charge is 0.155 e. The topological polar surface area (TPSA) is 64.1 Å². The molecule has 0 atom stereocenters. The second kappa shape index (κ2) is 5.16. The maximum atomic E-state index is 6.04. The lowest BCUT2D eigenvalue weighted by molar-refractivity contribution is 0.388. The molecule has 0 bridgehead atoms. The van der Waals surface area contributed by atoms with E-state index in [1.807, 2.05) is 6.07 Å². The summed E-state index contributed by atoms with van der Waals surface area (Å²) >= 11 is 10.9. The summed E-state index contributed by atoms with van der Waals surface area (Å²) in [5.74, 6) is 0.750. The molecule has 0 aliphatic carbocycles. The van der Waals surface area contributed by atoms with Gasteiger partial charge in [-0.15, -0.1) is 0 Å². The predicted octanol–water partition coefficient (Wildman–Crippen LogP) is 2.57. The van der Waals surface area contributed by atoms with Crippen molar-refractivity contribution in [1.82, 2.24) is 5.16 Å². The number of nitrogens with zero attached hydrogens (tertiary/aromatic N) is 1. The van der Waals surface area contributed by atoms with E-state index in [2.05, 4.69) is 10.5 Å². The molecule has 0 unspecified atom stereocenters. The largest absolute Gasteiger partial charge is 0.389 e. The van der Waals surface area contributed by atoms with Gasteiger partial charge in [-0.05, 0) is 18.2 Å². The predicted molar refractivity (Wildman–Crippen MR) is 71.2 cm³/mol. The van der Waals surface area contributed by atoms with Crippen LogP contribution in [0.3, 0.4) is 0 Å². The highest BCUT2D eigenvalue weighted by molar-refractivity contribution is 7.80. The van der Waals surface area contributed by atoms with Crippen LogP contribution in [0.15, 0.2) is 35.0 Å². The Morgan fingerprint density at radius 1 is 1.47 bits per heavy atom. The second-order valence-corrected chi connectivity index (χ2v) is 4.24. The van der Waals surface area contributed by atoms with Gasteiger partial charge in [0.25, 0.3) is 0 Å². The van der Waals surface area contributed by atoms with Crippen molar-refractivity contribution in [2.24, 2.45) is 5.73 Å². The summed E-state index contributed by atoms with van der Waals surface area (Å²) in [6.07, 6.45) is 1.60. The van der Waals surface area contributed by atoms with Crippen molar-refractivity contribution in [1.29, 1.82) is 0 Å². The highest BCUT2D eigenvalue weighted by atomic mass is 35.5. The lowest BCUT2D eigenvalue weighted by Crippen LogP contribution is -2.10. The zero-order chi connectivity index (χ0) is 12.3. The molecule has 2 rings (SSSR count). The molecule has 6 heteroatoms. The fourth-order valence-corrected chi connectivity index (χ4v) is 1.86. The van der Waals surface area contributed by atoms with E-state index in [0.717, 1.165) is 11.4 Å². The molecule has 2 aromatic rings. The molecule has 3 N–H and O–H groups in total. The Balaban J connectivity index is 2.07. The standard InChI is InChI=1S/C11H10ClN3OS/c12-10-5-7(1-2-9(10)11(13)17)14-6-8-3-4-15-16-8/h1-5,14H,6H2,(H2,13,17). The summed E-state index contributed by atoms with van der Waals surface area (Å²) in [4.78, 5) is 0.289. The van der Waals surface area contributed by atoms with Crippen LogP contribution in [0.25, 0.3) is 0 Å². The van der Waals surface area contributed by atoms with E-state index in [9.17, 15) is 0 Å². The molecule has 1 heterocycles. The fraction of sp³-hybridized carbons (Fsp3) is 0.0909. The maximum Gasteiger partial charge on any atom is 0.155 e. The van der Waals surface area contributed by atoms with Gasteiger partial charge in [-0.2, -0.15) is 0 Å². The Kier molecular flexibility index (Phi) is 3.61. The Morgan fingerprint density at radius 3 is 2.88 bits per heavy atom. The number of rotatable bonds is 4. The molecule has 0 aliphatic rings. The molecular weight excluding hydrogens is 258 g/mol. The Hall–Kier alpha value is -1.59. The van der Waals surface area contributed by atoms with Crippen molar-refractivity contribution in [3.63, 3.8) is 0 Å². The van der Waals surface area contributed by atoms with Gasteiger partial charge in [-0.1, -0.05) is 29.0 Å². The molecule has 1 aromatic carbocycles. The molecule has 0 radical (unpaired) electrons. The highest BCUT2D eigenvalue weighted by Crippen LogP contribution is 2.21. The summed E-state index contributed by atoms with van der Waals surface area (Å²) < 4.78 is 4.96. The first-order chi connectivity index (χ1) is 8.16. The van der Waals surface area contributed by atoms with Crippen molar-refractivity contribution in [3.8, 4) is 0 Å². The van der Waals surface area contributed by atoms with E-state index in [-0.39, 0.29) is 4.99 Å². The number of halogens is 1. The normalized spacial score (nSPS) is 10.2. The number of thiocarbonyl (C=S) groups is 1. The van der Waals surface area contributed by atoms with E-state index >= 15 is 0 Å². The minimum atomic E-state index is 0.289. The zero-order valence-electron chi connectivity index (χ0n) is 8.81. The van der Waals surface area contributed by atoms with Crippen LogP contribution in [0.2, 0.25) is 5.02 Å². The molecule has 0 saturated carbocycles. The third-order valence-corrected chi connectivity index (χ3v) is 2.73. The molecule has 0 aliphatic heterocycles. The molecule has 4 nitrogen and oxygen atoms in total. The summed E-state index contributed by atoms with van der Waals surface area (Å²) in [6.45, 7) is 0.544. The Morgan fingerprint density at radius 2 is 2.29 bits per heavy atom. The second-order valence-electron chi connectivity index (χ2n) is 3.39. The Labute approximate surface area is 109 Å². The van der Waals surface area contributed by atoms with Crippen LogP contribution in [0, 0.1) is 0 Å². The van der Waals surface area contributed by atoms with Gasteiger partial charge in [-0.25, -0.2) is 0 Å². The van der Waals surface area contributed by atoms with Gasteiger partial charge in [0.1, 0.15) is 4.99 Å². The van der Waals surface area contributed by atoms with Crippen LogP contribution < -0.4 is 11.1 Å². The van der Waals surface area contributed by atoms with Crippen LogP contribution >= 0.6 is 23.8 Å². The van der Waals surface area contributed by atoms with E-state index in [0.29, 0.717) is 17.1 Å². The lowest BCUT2D eigenvalue weighted by atomic mass is 10.2. The zero-order valence-corrected chi connectivity index (χ0v) is 10.4. The molecule has 0 fully saturated rings. The van der Waals surface area contributed by atoms with Crippen LogP contribution in [-0.4, -0.2) is 10.1 Å². The third kappa shape index (κ3) is 2.95. The Bertz CT molecular complexity index is 528. The van der Waals surface area contributed by atoms with Crippen molar-refractivity contribution in [2.45, 2.75) is 6.54 Å². The first-order valence-corrected chi connectivity index (χ1v) is 5.68. The minimum absolute atomic E-state index is 0.289. The van der Waals surface area contributed by atoms with E-state index in [1.54, 1.807) is 24.4 Å². The van der Waals surface area contributed by atoms with Crippen LogP contribution in [0.5, 0.6) is 0 Å². The molecule has 0 saturated heterocycles. The average Bonchev–Trinajstić information content (AvgIpc) is 2.78. The number of nitrogens with one attached hydrogen (secondary N) is 1. The first-order valence-electron chi connectivity index (χ1n) is 4.89. The SMILES string of the molecule is NC(=S)c1ccc(NCc2ccno2)cc1Cl. The number of aromatic nitrogens is 1. The van der Waals surface area contributed by atoms with Crippen LogP contribution in [0.4, 0.5) is 5.69 Å². The monoisotopic (exact) mass is 267 g/mol. The van der Waals surface area contributed by atoms with Gasteiger partial charge in [0.2, 0.25) is 0 Å². The molecular formula is C11H10ClN3OS. The number of hydrogen-bond donors (Lipinski definition) is 2. The number of hydrogen-bond acceptors (Lipinski definition) is 4. The highest BCUT2D eigenvalue weighted by Gasteiger charge is 2.04. The fourth-order valence-electron chi connectivity index (χ4n) is 1.35. The molecule has 0 spiro atoms. The number of benzene rings is 1. The average molecular weight is 268 g/mol. The van der Waals surface area contributed by atoms with Gasteiger partial charge in [0.15, 0.2) is 5.76 Å². The van der Waals surface area contributed by atoms with Gasteiger partial charge in [0, 0.05) is 17.3 Å². The van der Waals surface area contributed by atoms with Crippen molar-refractivity contribution in [2.75, 3.05) is 5.32 Å². The molecule has 88 valence electrons. The summed E-state index contributed by atoms with van der Waals surface area (Å²) in [7, 11) is 0. The van der Waals surface area contributed by atoms with E-state index in [1.165, 1.54) is 0 Å². The third-order valence-electron chi connectivity index (χ3n) is 2.19. The van der Waals surface area contributed by atoms with Crippen molar-refractivity contribution < 1.29 is 4.52 Å². The molecule has 1 aromatic heterocycles. The van der Waals surface area contributed by atoms with Crippen molar-refractivity contribution in [3.05, 3.63) is 46.8 Å².